The Labute approximate surface area is 131 Å². The molecule has 21 heavy (non-hydrogen) atoms. The Kier molecular flexibility index (Phi) is 4.70. The van der Waals surface area contributed by atoms with Gasteiger partial charge in [-0.15, -0.1) is 0 Å². The van der Waals surface area contributed by atoms with Gasteiger partial charge in [-0.1, -0.05) is 0 Å². The number of rotatable bonds is 4. The zero-order chi connectivity index (χ0) is 15.6. The summed E-state index contributed by atoms with van der Waals surface area (Å²) in [6, 6.07) is 4.25. The fourth-order valence-corrected chi connectivity index (χ4v) is 2.76. The van der Waals surface area contributed by atoms with E-state index in [2.05, 4.69) is 22.5 Å². The number of hydrogen-bond donors (Lipinski definition) is 2. The number of phenols is 2. The van der Waals surface area contributed by atoms with Crippen LogP contribution in [0.25, 0.3) is 6.08 Å². The average Bonchev–Trinajstić information content (AvgIpc) is 2.60. The summed E-state index contributed by atoms with van der Waals surface area (Å²) in [6.07, 6.45) is 3.61. The Morgan fingerprint density at radius 3 is 2.43 bits per heavy atom. The van der Waals surface area contributed by atoms with Gasteiger partial charge >= 0.3 is 131 Å². The number of benzene rings is 1. The first-order chi connectivity index (χ1) is 9.93. The second-order valence-corrected chi connectivity index (χ2v) is 5.73. The van der Waals surface area contributed by atoms with Crippen molar-refractivity contribution in [2.75, 3.05) is 13.6 Å². The third kappa shape index (κ3) is 3.28. The predicted molar refractivity (Wildman–Crippen MR) is 82.9 cm³/mol. The van der Waals surface area contributed by atoms with Crippen molar-refractivity contribution in [1.82, 2.24) is 9.80 Å². The van der Waals surface area contributed by atoms with Crippen LogP contribution in [0.4, 0.5) is 0 Å². The van der Waals surface area contributed by atoms with E-state index in [9.17, 15) is 15.0 Å². The fraction of sp³-hybridized carbons (Fsp3) is 0.333. The van der Waals surface area contributed by atoms with Gasteiger partial charge in [0.25, 0.3) is 0 Å². The summed E-state index contributed by atoms with van der Waals surface area (Å²) in [4.78, 5) is 15.9. The number of aromatic hydroxyl groups is 2. The molecule has 6 heteroatoms. The van der Waals surface area contributed by atoms with E-state index < -0.39 is 0 Å². The van der Waals surface area contributed by atoms with Gasteiger partial charge in [0.1, 0.15) is 0 Å². The molecule has 2 rings (SSSR count). The van der Waals surface area contributed by atoms with Gasteiger partial charge in [0.2, 0.25) is 0 Å². The topological polar surface area (TPSA) is 64.0 Å². The number of carbonyl (C=O) groups excluding carboxylic acids is 1. The van der Waals surface area contributed by atoms with E-state index in [0.717, 1.165) is 17.5 Å². The van der Waals surface area contributed by atoms with Crippen LogP contribution in [0.1, 0.15) is 25.3 Å². The van der Waals surface area contributed by atoms with Crippen LogP contribution in [0.5, 0.6) is 11.5 Å². The Bertz CT molecular complexity index is 593. The van der Waals surface area contributed by atoms with Crippen LogP contribution in [0, 0.1) is 0 Å². The molecule has 2 N–H and O–H groups in total. The first-order valence-electron chi connectivity index (χ1n) is 6.78. The van der Waals surface area contributed by atoms with Crippen LogP contribution >= 0.6 is 0 Å². The van der Waals surface area contributed by atoms with Crippen molar-refractivity contribution >= 4 is 32.2 Å². The molecular weight excluding hydrogens is 335 g/mol. The first kappa shape index (κ1) is 15.6. The fourth-order valence-electron chi connectivity index (χ4n) is 2.18. The third-order valence-corrected chi connectivity index (χ3v) is 4.34. The molecule has 0 spiro atoms. The van der Waals surface area contributed by atoms with Gasteiger partial charge in [-0.3, -0.25) is 0 Å². The van der Waals surface area contributed by atoms with Crippen LogP contribution < -0.4 is 0 Å². The van der Waals surface area contributed by atoms with Gasteiger partial charge < -0.3 is 0 Å². The van der Waals surface area contributed by atoms with Crippen LogP contribution in [0.15, 0.2) is 23.9 Å². The molecule has 1 fully saturated rings. The Balaban J connectivity index is 2.32. The molecule has 0 saturated carbocycles. The molecule has 0 unspecified atom stereocenters. The van der Waals surface area contributed by atoms with Gasteiger partial charge in [-0.05, 0) is 0 Å². The number of unbranched alkanes of at least 4 members (excludes halogenated alkanes) is 1. The van der Waals surface area contributed by atoms with E-state index in [1.54, 1.807) is 15.9 Å². The molecule has 1 amide bonds. The van der Waals surface area contributed by atoms with Crippen LogP contribution in [0.3, 0.4) is 0 Å². The van der Waals surface area contributed by atoms with Crippen molar-refractivity contribution in [3.05, 3.63) is 29.5 Å². The molecule has 1 aliphatic rings. The number of hydrogen-bond acceptors (Lipinski definition) is 4. The van der Waals surface area contributed by atoms with Gasteiger partial charge in [0.15, 0.2) is 0 Å². The molecule has 1 saturated heterocycles. The third-order valence-electron chi connectivity index (χ3n) is 3.31. The Morgan fingerprint density at radius 2 is 1.86 bits per heavy atom. The van der Waals surface area contributed by atoms with E-state index in [1.165, 1.54) is 18.2 Å². The van der Waals surface area contributed by atoms with Crippen molar-refractivity contribution in [2.24, 2.45) is 0 Å². The second-order valence-electron chi connectivity index (χ2n) is 4.96. The van der Waals surface area contributed by atoms with Gasteiger partial charge in [0.05, 0.1) is 0 Å². The summed E-state index contributed by atoms with van der Waals surface area (Å²) >= 11 is 2.92. The van der Waals surface area contributed by atoms with Crippen molar-refractivity contribution < 1.29 is 15.0 Å². The standard InChI is InChI=1S/C15H18N2O3Se/c1-3-4-5-17-14(20)13(16(2)15(17)21)8-10-6-11(18)9-12(19)7-10/h6-9,18-19H,3-5H2,1-2H3/b13-8+. The van der Waals surface area contributed by atoms with Crippen molar-refractivity contribution in [3.8, 4) is 11.5 Å². The van der Waals surface area contributed by atoms with E-state index in [-0.39, 0.29) is 17.4 Å². The van der Waals surface area contributed by atoms with E-state index in [1.807, 2.05) is 7.05 Å². The Morgan fingerprint density at radius 1 is 1.24 bits per heavy atom. The molecule has 0 aromatic heterocycles. The maximum absolute atomic E-state index is 12.5. The molecule has 112 valence electrons. The number of likely N-dealkylation sites (N-methyl/N-ethyl adjacent to an activating group) is 1. The van der Waals surface area contributed by atoms with Gasteiger partial charge in [0, 0.05) is 0 Å². The SMILES string of the molecule is CCCCN1C(=O)/C(=C\c2cc(O)cc(O)c2)N(C)C1=[Se]. The van der Waals surface area contributed by atoms with E-state index >= 15 is 0 Å². The van der Waals surface area contributed by atoms with Crippen LogP contribution in [-0.2, 0) is 4.79 Å². The van der Waals surface area contributed by atoms with Crippen molar-refractivity contribution in [3.63, 3.8) is 0 Å². The molecule has 1 aromatic carbocycles. The molecule has 5 nitrogen and oxygen atoms in total. The summed E-state index contributed by atoms with van der Waals surface area (Å²) < 4.78 is 0.768. The first-order valence-corrected chi connectivity index (χ1v) is 7.64. The number of carbonyl (C=O) groups is 1. The molecule has 1 aromatic rings. The second kappa shape index (κ2) is 6.33. The molecule has 1 heterocycles. The maximum atomic E-state index is 12.5. The quantitative estimate of drug-likeness (QED) is 0.632. The van der Waals surface area contributed by atoms with Gasteiger partial charge in [-0.2, -0.15) is 0 Å². The van der Waals surface area contributed by atoms with Crippen LogP contribution in [-0.4, -0.2) is 59.8 Å². The normalized spacial score (nSPS) is 17.1. The molecule has 0 atom stereocenters. The zero-order valence-electron chi connectivity index (χ0n) is 12.0. The minimum absolute atomic E-state index is 0.0370. The predicted octanol–water partition coefficient (Wildman–Crippen LogP) is 1.27. The summed E-state index contributed by atoms with van der Waals surface area (Å²) in [7, 11) is 1.81. The van der Waals surface area contributed by atoms with Crippen LogP contribution in [0.2, 0.25) is 0 Å². The monoisotopic (exact) mass is 354 g/mol. The molecule has 1 aliphatic heterocycles. The van der Waals surface area contributed by atoms with Crippen molar-refractivity contribution in [2.45, 2.75) is 19.8 Å². The number of phenolic OH excluding ortho intramolecular Hbond substituents is 2. The number of amides is 1. The van der Waals surface area contributed by atoms with Crippen molar-refractivity contribution in [1.29, 1.82) is 0 Å². The van der Waals surface area contributed by atoms with E-state index in [4.69, 9.17) is 0 Å². The molecule has 0 aliphatic carbocycles. The summed E-state index contributed by atoms with van der Waals surface area (Å²) in [5.74, 6) is -0.155. The minimum atomic E-state index is -0.0810. The zero-order valence-corrected chi connectivity index (χ0v) is 13.7. The van der Waals surface area contributed by atoms with Gasteiger partial charge in [-0.25, -0.2) is 0 Å². The molecule has 0 radical (unpaired) electrons. The molecular formula is C15H18N2O3Se. The average molecular weight is 353 g/mol. The summed E-state index contributed by atoms with van der Waals surface area (Å²) in [5.41, 5.74) is 1.08. The number of nitrogens with zero attached hydrogens (tertiary/aromatic N) is 2. The Hall–Kier alpha value is -1.78. The molecule has 0 bridgehead atoms. The summed E-state index contributed by atoms with van der Waals surface area (Å²) in [5, 5.41) is 19.0. The summed E-state index contributed by atoms with van der Waals surface area (Å²) in [6.45, 7) is 2.75. The van der Waals surface area contributed by atoms with E-state index in [0.29, 0.717) is 17.8 Å².